The number of hydrogen-bond acceptors (Lipinski definition) is 6. The lowest BCUT2D eigenvalue weighted by atomic mass is 9.95. The lowest BCUT2D eigenvalue weighted by Crippen LogP contribution is -2.43. The smallest absolute Gasteiger partial charge is 0.341 e. The first-order chi connectivity index (χ1) is 17.0. The summed E-state index contributed by atoms with van der Waals surface area (Å²) in [6, 6.07) is 18.7. The Morgan fingerprint density at radius 3 is 2.49 bits per heavy atom. The van der Waals surface area contributed by atoms with Gasteiger partial charge in [-0.2, -0.15) is 0 Å². The molecule has 0 spiro atoms. The van der Waals surface area contributed by atoms with E-state index in [0.717, 1.165) is 41.7 Å². The van der Waals surface area contributed by atoms with E-state index in [2.05, 4.69) is 5.32 Å². The molecule has 2 N–H and O–H groups in total. The maximum absolute atomic E-state index is 13.7. The van der Waals surface area contributed by atoms with E-state index in [4.69, 9.17) is 4.74 Å². The van der Waals surface area contributed by atoms with Crippen LogP contribution in [0.25, 0.3) is 0 Å². The first-order valence-electron chi connectivity index (χ1n) is 12.0. The summed E-state index contributed by atoms with van der Waals surface area (Å²) in [6.45, 7) is 2.30. The van der Waals surface area contributed by atoms with Gasteiger partial charge in [-0.25, -0.2) is 4.79 Å². The molecule has 6 nitrogen and oxygen atoms in total. The minimum absolute atomic E-state index is 0.235. The summed E-state index contributed by atoms with van der Waals surface area (Å²) in [6.07, 6.45) is 5.39. The number of aryl methyl sites for hydroxylation is 1. The average Bonchev–Trinajstić information content (AvgIpc) is 3.36. The summed E-state index contributed by atoms with van der Waals surface area (Å²) in [5.74, 6) is -0.707. The number of rotatable bonds is 7. The van der Waals surface area contributed by atoms with Gasteiger partial charge in [0.05, 0.1) is 12.2 Å². The molecular formula is C28H28N2O4S. The molecule has 0 saturated carbocycles. The van der Waals surface area contributed by atoms with E-state index >= 15 is 0 Å². The number of carbonyl (C=O) groups excluding carboxylic acids is 2. The van der Waals surface area contributed by atoms with Crippen molar-refractivity contribution in [1.29, 1.82) is 0 Å². The molecule has 3 aromatic rings. The minimum atomic E-state index is -1.63. The molecule has 0 radical (unpaired) electrons. The number of thiophene rings is 1. The predicted molar refractivity (Wildman–Crippen MR) is 136 cm³/mol. The molecule has 5 rings (SSSR count). The minimum Gasteiger partial charge on any atom is -0.462 e. The van der Waals surface area contributed by atoms with Gasteiger partial charge in [-0.05, 0) is 43.7 Å². The highest BCUT2D eigenvalue weighted by molar-refractivity contribution is 7.16. The summed E-state index contributed by atoms with van der Waals surface area (Å²) in [4.78, 5) is 29.2. The van der Waals surface area contributed by atoms with Crippen molar-refractivity contribution in [2.24, 2.45) is 0 Å². The summed E-state index contributed by atoms with van der Waals surface area (Å²) < 4.78 is 5.36. The second kappa shape index (κ2) is 9.68. The van der Waals surface area contributed by atoms with Crippen LogP contribution in [0, 0.1) is 0 Å². The van der Waals surface area contributed by atoms with Crippen LogP contribution in [0.5, 0.6) is 0 Å². The number of nitrogens with one attached hydrogen (secondary N) is 1. The van der Waals surface area contributed by atoms with Crippen LogP contribution in [0.4, 0.5) is 5.00 Å². The molecular weight excluding hydrogens is 460 g/mol. The molecule has 1 aliphatic carbocycles. The van der Waals surface area contributed by atoms with Crippen LogP contribution < -0.4 is 5.32 Å². The zero-order valence-corrected chi connectivity index (χ0v) is 20.4. The fraction of sp³-hybridized carbons (Fsp3) is 0.286. The molecule has 0 fully saturated rings. The molecule has 7 heteroatoms. The normalized spacial score (nSPS) is 19.3. The maximum atomic E-state index is 13.7. The third kappa shape index (κ3) is 4.37. The SMILES string of the molecule is CCOC(=O)c1c(NC2=CC(O)(c3ccccc3)N(Cc3ccccc3)C2=O)sc2c1CCCC2. The number of anilines is 1. The Hall–Kier alpha value is -3.42. The topological polar surface area (TPSA) is 78.9 Å². The van der Waals surface area contributed by atoms with Gasteiger partial charge in [-0.1, -0.05) is 60.7 Å². The van der Waals surface area contributed by atoms with Crippen LogP contribution in [-0.2, 0) is 34.6 Å². The molecule has 1 atom stereocenters. The number of carbonyl (C=O) groups is 2. The summed E-state index contributed by atoms with van der Waals surface area (Å²) in [5, 5.41) is 15.7. The maximum Gasteiger partial charge on any atom is 0.341 e. The molecule has 0 bridgehead atoms. The molecule has 35 heavy (non-hydrogen) atoms. The standard InChI is InChI=1S/C28H28N2O4S/c1-2-34-27(32)24-21-15-9-10-16-23(21)35-25(24)29-22-17-28(33,20-13-7-4-8-14-20)30(26(22)31)18-19-11-5-3-6-12-19/h3-8,11-14,17,29,33H,2,9-10,15-16,18H2,1H3. The van der Waals surface area contributed by atoms with E-state index in [1.807, 2.05) is 48.5 Å². The lowest BCUT2D eigenvalue weighted by Gasteiger charge is -2.33. The van der Waals surface area contributed by atoms with Crippen molar-refractivity contribution in [3.8, 4) is 0 Å². The van der Waals surface area contributed by atoms with E-state index in [1.54, 1.807) is 25.1 Å². The number of benzene rings is 2. The van der Waals surface area contributed by atoms with Crippen LogP contribution in [0.3, 0.4) is 0 Å². The van der Waals surface area contributed by atoms with Crippen molar-refractivity contribution < 1.29 is 19.4 Å². The van der Waals surface area contributed by atoms with Gasteiger partial charge in [0.25, 0.3) is 5.91 Å². The molecule has 1 aromatic heterocycles. The molecule has 2 aromatic carbocycles. The molecule has 2 heterocycles. The predicted octanol–water partition coefficient (Wildman–Crippen LogP) is 4.99. The number of aliphatic hydroxyl groups is 1. The molecule has 0 saturated heterocycles. The highest BCUT2D eigenvalue weighted by Crippen LogP contribution is 2.42. The molecule has 1 amide bonds. The van der Waals surface area contributed by atoms with Crippen LogP contribution in [0.2, 0.25) is 0 Å². The van der Waals surface area contributed by atoms with Crippen molar-refractivity contribution in [2.75, 3.05) is 11.9 Å². The summed E-state index contributed by atoms with van der Waals surface area (Å²) in [7, 11) is 0. The molecule has 180 valence electrons. The van der Waals surface area contributed by atoms with Gasteiger partial charge in [-0.15, -0.1) is 11.3 Å². The first kappa shape index (κ1) is 23.3. The Morgan fingerprint density at radius 2 is 1.77 bits per heavy atom. The first-order valence-corrected chi connectivity index (χ1v) is 12.8. The van der Waals surface area contributed by atoms with E-state index in [1.165, 1.54) is 16.2 Å². The zero-order valence-electron chi connectivity index (χ0n) is 19.6. The number of nitrogens with zero attached hydrogens (tertiary/aromatic N) is 1. The average molecular weight is 489 g/mol. The van der Waals surface area contributed by atoms with Gasteiger partial charge in [0, 0.05) is 23.1 Å². The largest absolute Gasteiger partial charge is 0.462 e. The Labute approximate surface area is 208 Å². The number of amides is 1. The van der Waals surface area contributed by atoms with E-state index < -0.39 is 5.72 Å². The van der Waals surface area contributed by atoms with Crippen LogP contribution in [0.15, 0.2) is 72.4 Å². The third-order valence-corrected chi connectivity index (χ3v) is 7.72. The number of hydrogen-bond donors (Lipinski definition) is 2. The number of ether oxygens (including phenoxy) is 1. The Balaban J connectivity index is 1.54. The van der Waals surface area contributed by atoms with Gasteiger partial charge in [0.2, 0.25) is 0 Å². The Morgan fingerprint density at radius 1 is 1.09 bits per heavy atom. The van der Waals surface area contributed by atoms with Crippen molar-refractivity contribution in [3.05, 3.63) is 99.6 Å². The van der Waals surface area contributed by atoms with E-state index in [9.17, 15) is 14.7 Å². The van der Waals surface area contributed by atoms with Crippen LogP contribution >= 0.6 is 11.3 Å². The zero-order chi connectivity index (χ0) is 24.4. The third-order valence-electron chi connectivity index (χ3n) is 6.51. The van der Waals surface area contributed by atoms with Crippen LogP contribution in [-0.4, -0.2) is 28.5 Å². The monoisotopic (exact) mass is 488 g/mol. The molecule has 2 aliphatic rings. The van der Waals surface area contributed by atoms with Gasteiger partial charge in [0.1, 0.15) is 10.7 Å². The Kier molecular flexibility index (Phi) is 6.45. The van der Waals surface area contributed by atoms with Crippen molar-refractivity contribution >= 4 is 28.2 Å². The van der Waals surface area contributed by atoms with Crippen molar-refractivity contribution in [2.45, 2.75) is 44.9 Å². The van der Waals surface area contributed by atoms with Gasteiger partial charge in [0.15, 0.2) is 5.72 Å². The van der Waals surface area contributed by atoms with Gasteiger partial charge >= 0.3 is 5.97 Å². The Bertz CT molecular complexity index is 1270. The fourth-order valence-corrected chi connectivity index (χ4v) is 6.10. The molecule has 1 aliphatic heterocycles. The van der Waals surface area contributed by atoms with Crippen LogP contribution in [0.1, 0.15) is 51.7 Å². The number of esters is 1. The van der Waals surface area contributed by atoms with Gasteiger partial charge in [-0.3, -0.25) is 9.69 Å². The van der Waals surface area contributed by atoms with E-state index in [0.29, 0.717) is 16.1 Å². The lowest BCUT2D eigenvalue weighted by molar-refractivity contribution is -0.144. The molecule has 1 unspecified atom stereocenters. The summed E-state index contributed by atoms with van der Waals surface area (Å²) >= 11 is 1.50. The quantitative estimate of drug-likeness (QED) is 0.458. The second-order valence-corrected chi connectivity index (χ2v) is 9.89. The van der Waals surface area contributed by atoms with Crippen molar-refractivity contribution in [1.82, 2.24) is 4.90 Å². The summed E-state index contributed by atoms with van der Waals surface area (Å²) in [5.41, 5.74) is 1.66. The fourth-order valence-electron chi connectivity index (χ4n) is 4.81. The second-order valence-electron chi connectivity index (χ2n) is 8.79. The number of fused-ring (bicyclic) bond motifs is 1. The highest BCUT2D eigenvalue weighted by atomic mass is 32.1. The van der Waals surface area contributed by atoms with E-state index in [-0.39, 0.29) is 30.7 Å². The van der Waals surface area contributed by atoms with Crippen molar-refractivity contribution in [3.63, 3.8) is 0 Å². The highest BCUT2D eigenvalue weighted by Gasteiger charge is 2.45. The van der Waals surface area contributed by atoms with Gasteiger partial charge < -0.3 is 15.2 Å².